The molecule has 0 unspecified atom stereocenters. The number of carbonyl (C=O) groups is 2. The minimum atomic E-state index is -0.814. The first-order valence-electron chi connectivity index (χ1n) is 11.6. The first-order chi connectivity index (χ1) is 17.1. The Morgan fingerprint density at radius 1 is 0.800 bits per heavy atom. The van der Waals surface area contributed by atoms with E-state index in [2.05, 4.69) is 9.88 Å². The van der Waals surface area contributed by atoms with Crippen LogP contribution >= 0.6 is 0 Å². The van der Waals surface area contributed by atoms with E-state index in [1.807, 2.05) is 97.1 Å². The predicted octanol–water partition coefficient (Wildman–Crippen LogP) is 5.65. The van der Waals surface area contributed by atoms with Crippen molar-refractivity contribution in [1.29, 1.82) is 0 Å². The second-order valence-electron chi connectivity index (χ2n) is 8.29. The fraction of sp³-hybridized carbons (Fsp3) is 0.172. The topological polar surface area (TPSA) is 80.6 Å². The van der Waals surface area contributed by atoms with Crippen LogP contribution in [-0.4, -0.2) is 21.7 Å². The summed E-state index contributed by atoms with van der Waals surface area (Å²) in [7, 11) is 0. The smallest absolute Gasteiger partial charge is 0.407 e. The molecule has 6 nitrogen and oxygen atoms in total. The van der Waals surface area contributed by atoms with E-state index < -0.39 is 12.1 Å². The van der Waals surface area contributed by atoms with E-state index in [-0.39, 0.29) is 13.0 Å². The number of aliphatic carboxylic acids is 1. The summed E-state index contributed by atoms with van der Waals surface area (Å²) in [6.45, 7) is 1.17. The molecule has 0 aliphatic rings. The van der Waals surface area contributed by atoms with Crippen molar-refractivity contribution in [1.82, 2.24) is 9.88 Å². The van der Waals surface area contributed by atoms with Crippen LogP contribution < -0.4 is 5.32 Å². The molecule has 1 heterocycles. The van der Waals surface area contributed by atoms with Crippen molar-refractivity contribution >= 4 is 12.1 Å². The predicted molar refractivity (Wildman–Crippen MR) is 135 cm³/mol. The molecular weight excluding hydrogens is 440 g/mol. The summed E-state index contributed by atoms with van der Waals surface area (Å²) in [5.74, 6) is -0.814. The van der Waals surface area contributed by atoms with Gasteiger partial charge in [0.15, 0.2) is 0 Å². The highest BCUT2D eigenvalue weighted by molar-refractivity contribution is 5.68. The maximum atomic E-state index is 12.1. The molecule has 2 N–H and O–H groups in total. The molecule has 0 saturated heterocycles. The number of hydrogen-bond acceptors (Lipinski definition) is 3. The van der Waals surface area contributed by atoms with Crippen LogP contribution in [0.2, 0.25) is 0 Å². The summed E-state index contributed by atoms with van der Waals surface area (Å²) < 4.78 is 7.46. The highest BCUT2D eigenvalue weighted by Gasteiger charge is 2.12. The Bertz CT molecular complexity index is 1270. The number of rotatable bonds is 10. The lowest BCUT2D eigenvalue weighted by atomic mass is 10.1. The monoisotopic (exact) mass is 468 g/mol. The molecule has 1 aromatic heterocycles. The van der Waals surface area contributed by atoms with Gasteiger partial charge in [0.1, 0.15) is 6.61 Å². The molecule has 35 heavy (non-hydrogen) atoms. The fourth-order valence-electron chi connectivity index (χ4n) is 3.98. The van der Waals surface area contributed by atoms with Crippen LogP contribution in [0.25, 0.3) is 11.3 Å². The Labute approximate surface area is 204 Å². The van der Waals surface area contributed by atoms with Gasteiger partial charge in [-0.25, -0.2) is 4.79 Å². The number of carboxylic acid groups (broad SMARTS) is 1. The number of carboxylic acids is 1. The van der Waals surface area contributed by atoms with Gasteiger partial charge in [0, 0.05) is 24.5 Å². The second kappa shape index (κ2) is 11.7. The van der Waals surface area contributed by atoms with Gasteiger partial charge in [0.05, 0.1) is 6.42 Å². The standard InChI is InChI=1S/C29H28N2O4/c32-28(33)17-15-26-14-16-27(25-12-5-2-6-13-25)31(26)20-24-11-7-10-23(18-24)19-30-29(34)35-21-22-8-3-1-4-9-22/h1-14,16,18H,15,17,19-21H2,(H,30,34)(H,32,33). The summed E-state index contributed by atoms with van der Waals surface area (Å²) >= 11 is 0. The minimum absolute atomic E-state index is 0.0767. The normalized spacial score (nSPS) is 10.6. The van der Waals surface area contributed by atoms with Gasteiger partial charge in [-0.05, 0) is 40.8 Å². The number of aryl methyl sites for hydroxylation is 1. The first-order valence-corrected chi connectivity index (χ1v) is 11.6. The molecule has 1 amide bonds. The van der Waals surface area contributed by atoms with Crippen molar-refractivity contribution in [3.63, 3.8) is 0 Å². The number of amides is 1. The van der Waals surface area contributed by atoms with Gasteiger partial charge < -0.3 is 19.7 Å². The van der Waals surface area contributed by atoms with Crippen molar-refractivity contribution in [2.75, 3.05) is 0 Å². The summed E-state index contributed by atoms with van der Waals surface area (Å²) in [6.07, 6.45) is 0.0660. The number of benzene rings is 3. The molecule has 0 aliphatic carbocycles. The number of alkyl carbamates (subject to hydrolysis) is 1. The Hall–Kier alpha value is -4.32. The van der Waals surface area contributed by atoms with Crippen molar-refractivity contribution in [2.45, 2.75) is 32.5 Å². The van der Waals surface area contributed by atoms with Crippen molar-refractivity contribution in [3.05, 3.63) is 119 Å². The summed E-state index contributed by atoms with van der Waals surface area (Å²) in [4.78, 5) is 23.3. The summed E-state index contributed by atoms with van der Waals surface area (Å²) in [5, 5.41) is 12.0. The van der Waals surface area contributed by atoms with Gasteiger partial charge >= 0.3 is 12.1 Å². The van der Waals surface area contributed by atoms with Gasteiger partial charge in [0.2, 0.25) is 0 Å². The van der Waals surface area contributed by atoms with Crippen molar-refractivity contribution in [3.8, 4) is 11.3 Å². The lowest BCUT2D eigenvalue weighted by Gasteiger charge is -2.15. The molecule has 4 aromatic rings. The molecule has 0 saturated carbocycles. The van der Waals surface area contributed by atoms with E-state index in [9.17, 15) is 9.59 Å². The van der Waals surface area contributed by atoms with Crippen LogP contribution in [0.3, 0.4) is 0 Å². The maximum absolute atomic E-state index is 12.1. The Morgan fingerprint density at radius 2 is 1.49 bits per heavy atom. The number of aromatic nitrogens is 1. The third-order valence-electron chi connectivity index (χ3n) is 5.72. The van der Waals surface area contributed by atoms with E-state index in [1.54, 1.807) is 0 Å². The van der Waals surface area contributed by atoms with Gasteiger partial charge in [-0.2, -0.15) is 0 Å². The zero-order chi connectivity index (χ0) is 24.5. The largest absolute Gasteiger partial charge is 0.481 e. The number of nitrogens with zero attached hydrogens (tertiary/aromatic N) is 1. The van der Waals surface area contributed by atoms with Gasteiger partial charge in [-0.1, -0.05) is 84.9 Å². The Kier molecular flexibility index (Phi) is 7.96. The third kappa shape index (κ3) is 6.84. The van der Waals surface area contributed by atoms with E-state index >= 15 is 0 Å². The number of ether oxygens (including phenoxy) is 1. The highest BCUT2D eigenvalue weighted by atomic mass is 16.5. The number of hydrogen-bond donors (Lipinski definition) is 2. The average Bonchev–Trinajstić information content (AvgIpc) is 3.28. The Balaban J connectivity index is 1.44. The molecule has 0 spiro atoms. The molecule has 178 valence electrons. The third-order valence-corrected chi connectivity index (χ3v) is 5.72. The average molecular weight is 469 g/mol. The molecule has 0 radical (unpaired) electrons. The molecule has 0 aliphatic heterocycles. The van der Waals surface area contributed by atoms with Crippen LogP contribution in [0.15, 0.2) is 97.1 Å². The maximum Gasteiger partial charge on any atom is 0.407 e. The summed E-state index contributed by atoms with van der Waals surface area (Å²) in [5.41, 5.74) is 6.04. The van der Waals surface area contributed by atoms with Crippen LogP contribution in [0.4, 0.5) is 4.79 Å². The van der Waals surface area contributed by atoms with Crippen molar-refractivity contribution in [2.24, 2.45) is 0 Å². The van der Waals surface area contributed by atoms with Gasteiger partial charge in [0.25, 0.3) is 0 Å². The quantitative estimate of drug-likeness (QED) is 0.315. The SMILES string of the molecule is O=C(O)CCc1ccc(-c2ccccc2)n1Cc1cccc(CNC(=O)OCc2ccccc2)c1. The molecule has 0 atom stereocenters. The van der Waals surface area contributed by atoms with E-state index in [4.69, 9.17) is 9.84 Å². The zero-order valence-corrected chi connectivity index (χ0v) is 19.4. The number of carbonyl (C=O) groups excluding carboxylic acids is 1. The van der Waals surface area contributed by atoms with Gasteiger partial charge in [-0.15, -0.1) is 0 Å². The van der Waals surface area contributed by atoms with Crippen LogP contribution in [0, 0.1) is 0 Å². The fourth-order valence-corrected chi connectivity index (χ4v) is 3.98. The lowest BCUT2D eigenvalue weighted by Crippen LogP contribution is -2.23. The van der Waals surface area contributed by atoms with Crippen LogP contribution in [0.5, 0.6) is 0 Å². The highest BCUT2D eigenvalue weighted by Crippen LogP contribution is 2.25. The molecule has 4 rings (SSSR count). The van der Waals surface area contributed by atoms with Crippen molar-refractivity contribution < 1.29 is 19.4 Å². The number of nitrogens with one attached hydrogen (secondary N) is 1. The lowest BCUT2D eigenvalue weighted by molar-refractivity contribution is -0.137. The summed E-state index contributed by atoms with van der Waals surface area (Å²) in [6, 6.07) is 31.7. The van der Waals surface area contributed by atoms with E-state index in [1.165, 1.54) is 0 Å². The van der Waals surface area contributed by atoms with Crippen LogP contribution in [0.1, 0.15) is 28.8 Å². The molecular formula is C29H28N2O4. The molecule has 3 aromatic carbocycles. The molecule has 0 bridgehead atoms. The minimum Gasteiger partial charge on any atom is -0.481 e. The Morgan fingerprint density at radius 3 is 2.23 bits per heavy atom. The van der Waals surface area contributed by atoms with Crippen LogP contribution in [-0.2, 0) is 35.6 Å². The second-order valence-corrected chi connectivity index (χ2v) is 8.29. The molecule has 0 fully saturated rings. The zero-order valence-electron chi connectivity index (χ0n) is 19.4. The molecule has 6 heteroatoms. The van der Waals surface area contributed by atoms with Gasteiger partial charge in [-0.3, -0.25) is 4.79 Å². The van der Waals surface area contributed by atoms with E-state index in [0.717, 1.165) is 33.6 Å². The first kappa shape index (κ1) is 23.8. The van der Waals surface area contributed by atoms with E-state index in [0.29, 0.717) is 19.5 Å².